The summed E-state index contributed by atoms with van der Waals surface area (Å²) in [6, 6.07) is 5.63. The van der Waals surface area contributed by atoms with E-state index in [4.69, 9.17) is 11.6 Å². The number of hydrogen-bond donors (Lipinski definition) is 1. The van der Waals surface area contributed by atoms with Gasteiger partial charge in [0.1, 0.15) is 0 Å². The molecule has 108 valence electrons. The van der Waals surface area contributed by atoms with E-state index >= 15 is 0 Å². The van der Waals surface area contributed by atoms with Crippen LogP contribution in [-0.2, 0) is 11.3 Å². The van der Waals surface area contributed by atoms with Crippen molar-refractivity contribution in [3.05, 3.63) is 29.4 Å². The van der Waals surface area contributed by atoms with Crippen LogP contribution in [0.2, 0.25) is 5.02 Å². The van der Waals surface area contributed by atoms with Crippen molar-refractivity contribution < 1.29 is 4.79 Å². The number of rotatable bonds is 6. The lowest BCUT2D eigenvalue weighted by Crippen LogP contribution is -2.31. The van der Waals surface area contributed by atoms with E-state index in [-0.39, 0.29) is 5.91 Å². The standard InChI is InChI=1S/C14H19ClN4O/c1-18(2)8-6-16-14(20)5-7-19-13-4-3-12(15)9-11(13)10-17-19/h3-4,9-10H,5-8H2,1-2H3,(H,16,20). The molecule has 0 spiro atoms. The van der Waals surface area contributed by atoms with Gasteiger partial charge >= 0.3 is 0 Å². The highest BCUT2D eigenvalue weighted by molar-refractivity contribution is 6.31. The lowest BCUT2D eigenvalue weighted by molar-refractivity contribution is -0.121. The van der Waals surface area contributed by atoms with Crippen LogP contribution in [0.4, 0.5) is 0 Å². The molecule has 0 saturated carbocycles. The van der Waals surface area contributed by atoms with Gasteiger partial charge in [-0.3, -0.25) is 9.48 Å². The van der Waals surface area contributed by atoms with Gasteiger partial charge < -0.3 is 10.2 Å². The molecule has 0 saturated heterocycles. The number of carbonyl (C=O) groups excluding carboxylic acids is 1. The molecule has 20 heavy (non-hydrogen) atoms. The predicted octanol–water partition coefficient (Wildman–Crippen LogP) is 1.76. The minimum atomic E-state index is 0.0458. The summed E-state index contributed by atoms with van der Waals surface area (Å²) in [7, 11) is 3.96. The summed E-state index contributed by atoms with van der Waals surface area (Å²) < 4.78 is 1.83. The molecule has 0 fully saturated rings. The van der Waals surface area contributed by atoms with Crippen LogP contribution in [0.25, 0.3) is 10.9 Å². The molecular weight excluding hydrogens is 276 g/mol. The molecule has 2 rings (SSSR count). The van der Waals surface area contributed by atoms with Crippen LogP contribution < -0.4 is 5.32 Å². The number of aromatic nitrogens is 2. The second kappa shape index (κ2) is 6.72. The third-order valence-corrected chi connectivity index (χ3v) is 3.27. The third kappa shape index (κ3) is 3.95. The number of nitrogens with zero attached hydrogens (tertiary/aromatic N) is 3. The molecule has 1 heterocycles. The summed E-state index contributed by atoms with van der Waals surface area (Å²) in [4.78, 5) is 13.8. The maximum atomic E-state index is 11.7. The lowest BCUT2D eigenvalue weighted by Gasteiger charge is -2.10. The molecule has 6 heteroatoms. The van der Waals surface area contributed by atoms with Gasteiger partial charge in [-0.2, -0.15) is 5.10 Å². The van der Waals surface area contributed by atoms with Crippen molar-refractivity contribution in [2.45, 2.75) is 13.0 Å². The smallest absolute Gasteiger partial charge is 0.221 e. The van der Waals surface area contributed by atoms with E-state index in [1.165, 1.54) is 0 Å². The van der Waals surface area contributed by atoms with Gasteiger partial charge in [0.25, 0.3) is 0 Å². The summed E-state index contributed by atoms with van der Waals surface area (Å²) in [6.07, 6.45) is 2.19. The van der Waals surface area contributed by atoms with Crippen LogP contribution >= 0.6 is 11.6 Å². The Labute approximate surface area is 123 Å². The zero-order valence-corrected chi connectivity index (χ0v) is 12.5. The Balaban J connectivity index is 1.88. The van der Waals surface area contributed by atoms with Crippen LogP contribution in [0.5, 0.6) is 0 Å². The SMILES string of the molecule is CN(C)CCNC(=O)CCn1ncc2cc(Cl)ccc21. The molecule has 0 radical (unpaired) electrons. The maximum Gasteiger partial charge on any atom is 0.221 e. The summed E-state index contributed by atoms with van der Waals surface area (Å²) in [6.45, 7) is 2.08. The van der Waals surface area contributed by atoms with Crippen LogP contribution in [0.3, 0.4) is 0 Å². The van der Waals surface area contributed by atoms with E-state index < -0.39 is 0 Å². The van der Waals surface area contributed by atoms with Gasteiger partial charge in [-0.15, -0.1) is 0 Å². The van der Waals surface area contributed by atoms with Gasteiger partial charge in [-0.05, 0) is 32.3 Å². The molecule has 0 atom stereocenters. The van der Waals surface area contributed by atoms with Crippen molar-refractivity contribution >= 4 is 28.4 Å². The molecule has 0 unspecified atom stereocenters. The van der Waals surface area contributed by atoms with E-state index in [1.807, 2.05) is 41.9 Å². The Morgan fingerprint density at radius 2 is 2.25 bits per heavy atom. The minimum absolute atomic E-state index is 0.0458. The first kappa shape index (κ1) is 14.8. The van der Waals surface area contributed by atoms with Gasteiger partial charge in [0.2, 0.25) is 5.91 Å². The highest BCUT2D eigenvalue weighted by Crippen LogP contribution is 2.18. The number of benzene rings is 1. The Bertz CT molecular complexity index is 594. The van der Waals surface area contributed by atoms with Gasteiger partial charge in [0.15, 0.2) is 0 Å². The van der Waals surface area contributed by atoms with Gasteiger partial charge in [0, 0.05) is 29.9 Å². The summed E-state index contributed by atoms with van der Waals surface area (Å²) in [5.41, 5.74) is 0.996. The predicted molar refractivity (Wildman–Crippen MR) is 80.9 cm³/mol. The number of aryl methyl sites for hydroxylation is 1. The van der Waals surface area contributed by atoms with Crippen LogP contribution in [-0.4, -0.2) is 47.8 Å². The van der Waals surface area contributed by atoms with Gasteiger partial charge in [-0.25, -0.2) is 0 Å². The molecule has 1 aromatic heterocycles. The molecule has 1 aromatic carbocycles. The van der Waals surface area contributed by atoms with Gasteiger partial charge in [-0.1, -0.05) is 11.6 Å². The fraction of sp³-hybridized carbons (Fsp3) is 0.429. The second-order valence-electron chi connectivity index (χ2n) is 4.97. The first-order valence-electron chi connectivity index (χ1n) is 6.59. The highest BCUT2D eigenvalue weighted by Gasteiger charge is 2.06. The number of halogens is 1. The summed E-state index contributed by atoms with van der Waals surface area (Å²) >= 11 is 5.93. The molecule has 1 N–H and O–H groups in total. The van der Waals surface area contributed by atoms with Crippen molar-refractivity contribution in [2.75, 3.05) is 27.2 Å². The van der Waals surface area contributed by atoms with Crippen LogP contribution in [0.15, 0.2) is 24.4 Å². The van der Waals surface area contributed by atoms with E-state index in [1.54, 1.807) is 6.20 Å². The second-order valence-corrected chi connectivity index (χ2v) is 5.41. The molecule has 0 aliphatic carbocycles. The number of amides is 1. The van der Waals surface area contributed by atoms with E-state index in [0.717, 1.165) is 17.4 Å². The molecule has 0 bridgehead atoms. The molecule has 5 nitrogen and oxygen atoms in total. The molecule has 1 amide bonds. The van der Waals surface area contributed by atoms with E-state index in [9.17, 15) is 4.79 Å². The quantitative estimate of drug-likeness (QED) is 0.883. The molecule has 0 aliphatic rings. The lowest BCUT2D eigenvalue weighted by atomic mass is 10.2. The molecule has 0 aliphatic heterocycles. The molecular formula is C14H19ClN4O. The average Bonchev–Trinajstić information content (AvgIpc) is 2.78. The minimum Gasteiger partial charge on any atom is -0.355 e. The van der Waals surface area contributed by atoms with E-state index in [2.05, 4.69) is 10.4 Å². The van der Waals surface area contributed by atoms with Crippen molar-refractivity contribution in [3.8, 4) is 0 Å². The number of nitrogens with one attached hydrogen (secondary N) is 1. The van der Waals surface area contributed by atoms with E-state index in [0.29, 0.717) is 24.5 Å². The Kier molecular flexibility index (Phi) is 4.98. The zero-order valence-electron chi connectivity index (χ0n) is 11.8. The Morgan fingerprint density at radius 3 is 3.00 bits per heavy atom. The monoisotopic (exact) mass is 294 g/mol. The van der Waals surface area contributed by atoms with Crippen molar-refractivity contribution in [1.29, 1.82) is 0 Å². The van der Waals surface area contributed by atoms with Crippen LogP contribution in [0, 0.1) is 0 Å². The maximum absolute atomic E-state index is 11.7. The van der Waals surface area contributed by atoms with Crippen molar-refractivity contribution in [2.24, 2.45) is 0 Å². The number of fused-ring (bicyclic) bond motifs is 1. The van der Waals surface area contributed by atoms with Crippen molar-refractivity contribution in [3.63, 3.8) is 0 Å². The zero-order chi connectivity index (χ0) is 14.5. The Morgan fingerprint density at radius 1 is 1.45 bits per heavy atom. The van der Waals surface area contributed by atoms with Crippen molar-refractivity contribution in [1.82, 2.24) is 20.0 Å². The summed E-state index contributed by atoms with van der Waals surface area (Å²) in [5, 5.41) is 8.86. The normalized spacial score (nSPS) is 11.2. The topological polar surface area (TPSA) is 50.2 Å². The van der Waals surface area contributed by atoms with Crippen LogP contribution in [0.1, 0.15) is 6.42 Å². The fourth-order valence-electron chi connectivity index (χ4n) is 1.95. The number of carbonyl (C=O) groups is 1. The first-order chi connectivity index (χ1) is 9.56. The highest BCUT2D eigenvalue weighted by atomic mass is 35.5. The number of hydrogen-bond acceptors (Lipinski definition) is 3. The van der Waals surface area contributed by atoms with Gasteiger partial charge in [0.05, 0.1) is 18.3 Å². The number of likely N-dealkylation sites (N-methyl/N-ethyl adjacent to an activating group) is 1. The first-order valence-corrected chi connectivity index (χ1v) is 6.96. The average molecular weight is 295 g/mol. The fourth-order valence-corrected chi connectivity index (χ4v) is 2.13. The largest absolute Gasteiger partial charge is 0.355 e. The Hall–Kier alpha value is -1.59. The summed E-state index contributed by atoms with van der Waals surface area (Å²) in [5.74, 6) is 0.0458. The third-order valence-electron chi connectivity index (χ3n) is 3.04. The molecule has 2 aromatic rings.